The molecule has 0 saturated heterocycles. The van der Waals surface area contributed by atoms with Gasteiger partial charge in [-0.05, 0) is 57.8 Å². The Labute approximate surface area is 325 Å². The summed E-state index contributed by atoms with van der Waals surface area (Å²) in [7, 11) is 1.24. The van der Waals surface area contributed by atoms with Crippen LogP contribution in [0.25, 0.3) is 0 Å². The molecule has 0 fully saturated rings. The molecule has 0 aromatic carbocycles. The molecule has 1 amide bonds. The molecule has 3 atom stereocenters. The maximum Gasteiger partial charge on any atom is 0.268 e. The average Bonchev–Trinajstić information content (AvgIpc) is 3.10. The molecule has 0 bridgehead atoms. The second-order valence-electron chi connectivity index (χ2n) is 15.4. The van der Waals surface area contributed by atoms with Gasteiger partial charge in [-0.25, -0.2) is 0 Å². The fourth-order valence-corrected chi connectivity index (χ4v) is 6.44. The van der Waals surface area contributed by atoms with Gasteiger partial charge < -0.3 is 34.0 Å². The van der Waals surface area contributed by atoms with Crippen LogP contribution in [0, 0.1) is 0 Å². The van der Waals surface area contributed by atoms with Crippen molar-refractivity contribution in [3.8, 4) is 0 Å². The van der Waals surface area contributed by atoms with Gasteiger partial charge in [-0.15, -0.1) is 0 Å². The summed E-state index contributed by atoms with van der Waals surface area (Å²) < 4.78 is 23.2. The highest BCUT2D eigenvalue weighted by atomic mass is 31.2. The predicted molar refractivity (Wildman–Crippen MR) is 220 cm³/mol. The third kappa shape index (κ3) is 38.5. The molecule has 0 rings (SSSR count). The zero-order valence-electron chi connectivity index (χ0n) is 34.4. The van der Waals surface area contributed by atoms with Gasteiger partial charge in [0.1, 0.15) is 13.2 Å². The van der Waals surface area contributed by atoms with Gasteiger partial charge in [-0.3, -0.25) is 9.36 Å². The van der Waals surface area contributed by atoms with E-state index in [0.29, 0.717) is 23.9 Å². The SMILES string of the molecule is CCCCCCCCCCCCCCC[C@@H](O)[C@H](COP(=O)([O-])OCC[N+](C)(C)C)NC(=O)CCC/C=C\C/C=C\C/C=C\C/C=C\CCCCCO. The van der Waals surface area contributed by atoms with Crippen LogP contribution in [-0.2, 0) is 18.4 Å². The number of nitrogens with zero attached hydrogens (tertiary/aromatic N) is 1. The van der Waals surface area contributed by atoms with Gasteiger partial charge in [0.2, 0.25) is 5.91 Å². The molecule has 310 valence electrons. The maximum absolute atomic E-state index is 12.8. The number of rotatable bonds is 38. The van der Waals surface area contributed by atoms with Gasteiger partial charge >= 0.3 is 0 Å². The monoisotopic (exact) mass is 769 g/mol. The first-order chi connectivity index (χ1) is 25.5. The highest BCUT2D eigenvalue weighted by Gasteiger charge is 2.24. The molecule has 0 aliphatic rings. The fourth-order valence-electron chi connectivity index (χ4n) is 5.72. The lowest BCUT2D eigenvalue weighted by atomic mass is 10.0. The molecule has 0 radical (unpaired) electrons. The highest BCUT2D eigenvalue weighted by molar-refractivity contribution is 7.45. The van der Waals surface area contributed by atoms with Crippen molar-refractivity contribution in [3.05, 3.63) is 48.6 Å². The van der Waals surface area contributed by atoms with E-state index in [1.165, 1.54) is 64.2 Å². The minimum absolute atomic E-state index is 0.00476. The van der Waals surface area contributed by atoms with Crippen LogP contribution in [0.2, 0.25) is 0 Å². The maximum atomic E-state index is 12.8. The Bertz CT molecular complexity index is 1010. The van der Waals surface area contributed by atoms with Crippen LogP contribution >= 0.6 is 7.82 Å². The second kappa shape index (κ2) is 36.1. The molecule has 9 nitrogen and oxygen atoms in total. The van der Waals surface area contributed by atoms with E-state index in [9.17, 15) is 19.4 Å². The first-order valence-electron chi connectivity index (χ1n) is 21.1. The van der Waals surface area contributed by atoms with E-state index in [1.807, 2.05) is 21.1 Å². The number of nitrogens with one attached hydrogen (secondary N) is 1. The summed E-state index contributed by atoms with van der Waals surface area (Å²) in [5, 5.41) is 22.6. The van der Waals surface area contributed by atoms with E-state index in [4.69, 9.17) is 14.2 Å². The fraction of sp³-hybridized carbons (Fsp3) is 0.791. The number of allylic oxidation sites excluding steroid dienone is 8. The van der Waals surface area contributed by atoms with Crippen LogP contribution in [0.15, 0.2) is 48.6 Å². The summed E-state index contributed by atoms with van der Waals surface area (Å²) in [5.41, 5.74) is 0. The van der Waals surface area contributed by atoms with E-state index in [1.54, 1.807) is 0 Å². The van der Waals surface area contributed by atoms with Gasteiger partial charge in [0.15, 0.2) is 0 Å². The molecule has 10 heteroatoms. The summed E-state index contributed by atoms with van der Waals surface area (Å²) >= 11 is 0. The quantitative estimate of drug-likeness (QED) is 0.0247. The molecule has 0 saturated carbocycles. The van der Waals surface area contributed by atoms with Crippen LogP contribution in [-0.4, -0.2) is 80.3 Å². The van der Waals surface area contributed by atoms with Crippen molar-refractivity contribution in [1.82, 2.24) is 5.32 Å². The van der Waals surface area contributed by atoms with Crippen molar-refractivity contribution in [1.29, 1.82) is 0 Å². The first-order valence-corrected chi connectivity index (χ1v) is 22.6. The number of hydrogen-bond donors (Lipinski definition) is 3. The molecular formula is C43H81N2O7P. The molecule has 3 N–H and O–H groups in total. The molecule has 0 aromatic heterocycles. The Balaban J connectivity index is 4.51. The standard InChI is InChI=1S/C43H81N2O7P/c1-5-6-7-8-9-10-11-17-20-23-26-29-32-35-42(47)41(40-52-53(49,50)51-39-37-45(2,3)4)44-43(48)36-33-30-27-24-21-18-15-13-12-14-16-19-22-25-28-31-34-38-46/h12,14-15,18-19,22,24,27,41-42,46-47H,5-11,13,16-17,20-21,23,25-26,28-40H2,1-4H3,(H-,44,48,49,50)/b14-12-,18-15-,22-19-,27-24-/t41-,42+/m0/s1. The number of hydrogen-bond acceptors (Lipinski definition) is 7. The van der Waals surface area contributed by atoms with Crippen molar-refractivity contribution in [2.24, 2.45) is 0 Å². The minimum atomic E-state index is -4.58. The summed E-state index contributed by atoms with van der Waals surface area (Å²) in [4.78, 5) is 25.2. The third-order valence-corrected chi connectivity index (χ3v) is 10.1. The average molecular weight is 769 g/mol. The molecular weight excluding hydrogens is 687 g/mol. The summed E-state index contributed by atoms with van der Waals surface area (Å²) in [5.74, 6) is -0.230. The molecule has 53 heavy (non-hydrogen) atoms. The third-order valence-electron chi connectivity index (χ3n) is 9.12. The Kier molecular flexibility index (Phi) is 35.0. The molecule has 1 unspecified atom stereocenters. The van der Waals surface area contributed by atoms with Crippen LogP contribution < -0.4 is 10.2 Å². The number of amides is 1. The van der Waals surface area contributed by atoms with E-state index in [-0.39, 0.29) is 32.1 Å². The molecule has 0 aliphatic heterocycles. The highest BCUT2D eigenvalue weighted by Crippen LogP contribution is 2.38. The number of unbranched alkanes of at least 4 members (excludes halogenated alkanes) is 16. The number of carbonyl (C=O) groups excluding carboxylic acids is 1. The number of phosphoric ester groups is 1. The van der Waals surface area contributed by atoms with Crippen LogP contribution in [0.5, 0.6) is 0 Å². The van der Waals surface area contributed by atoms with Crippen molar-refractivity contribution in [3.63, 3.8) is 0 Å². The number of aliphatic hydroxyl groups excluding tert-OH is 2. The number of quaternary nitrogens is 1. The first kappa shape index (κ1) is 51.4. The van der Waals surface area contributed by atoms with Crippen molar-refractivity contribution < 1.29 is 38.0 Å². The lowest BCUT2D eigenvalue weighted by Crippen LogP contribution is -2.46. The number of aliphatic hydroxyl groups is 2. The number of likely N-dealkylation sites (N-methyl/N-ethyl adjacent to an activating group) is 1. The Morgan fingerprint density at radius 2 is 1.17 bits per heavy atom. The molecule has 0 aromatic rings. The molecule has 0 aliphatic carbocycles. The van der Waals surface area contributed by atoms with E-state index >= 15 is 0 Å². The van der Waals surface area contributed by atoms with Crippen molar-refractivity contribution in [2.45, 2.75) is 173 Å². The van der Waals surface area contributed by atoms with Crippen LogP contribution in [0.1, 0.15) is 161 Å². The van der Waals surface area contributed by atoms with E-state index in [0.717, 1.165) is 70.6 Å². The van der Waals surface area contributed by atoms with E-state index < -0.39 is 20.0 Å². The zero-order valence-corrected chi connectivity index (χ0v) is 35.3. The van der Waals surface area contributed by atoms with Gasteiger partial charge in [0.25, 0.3) is 7.82 Å². The number of carbonyl (C=O) groups is 1. The summed E-state index contributed by atoms with van der Waals surface area (Å²) in [6, 6.07) is -0.836. The van der Waals surface area contributed by atoms with Gasteiger partial charge in [0.05, 0.1) is 39.9 Å². The minimum Gasteiger partial charge on any atom is -0.756 e. The smallest absolute Gasteiger partial charge is 0.268 e. The Hall–Kier alpha value is -1.58. The lowest BCUT2D eigenvalue weighted by Gasteiger charge is -2.30. The normalized spacial score (nSPS) is 14.9. The van der Waals surface area contributed by atoms with E-state index in [2.05, 4.69) is 60.8 Å². The van der Waals surface area contributed by atoms with Gasteiger partial charge in [-0.1, -0.05) is 145 Å². The number of phosphoric acid groups is 1. The molecule has 0 heterocycles. The Morgan fingerprint density at radius 3 is 1.68 bits per heavy atom. The largest absolute Gasteiger partial charge is 0.756 e. The molecule has 0 spiro atoms. The topological polar surface area (TPSA) is 128 Å². The lowest BCUT2D eigenvalue weighted by molar-refractivity contribution is -0.870. The second-order valence-corrected chi connectivity index (χ2v) is 16.8. The van der Waals surface area contributed by atoms with Gasteiger partial charge in [0, 0.05) is 13.0 Å². The zero-order chi connectivity index (χ0) is 39.3. The van der Waals surface area contributed by atoms with Crippen molar-refractivity contribution >= 4 is 13.7 Å². The van der Waals surface area contributed by atoms with Crippen LogP contribution in [0.3, 0.4) is 0 Å². The summed E-state index contributed by atoms with van der Waals surface area (Å²) in [6.07, 6.45) is 41.3. The summed E-state index contributed by atoms with van der Waals surface area (Å²) in [6.45, 7) is 2.66. The van der Waals surface area contributed by atoms with Crippen LogP contribution in [0.4, 0.5) is 0 Å². The van der Waals surface area contributed by atoms with Gasteiger partial charge in [-0.2, -0.15) is 0 Å². The predicted octanol–water partition coefficient (Wildman–Crippen LogP) is 9.64. The van der Waals surface area contributed by atoms with Crippen molar-refractivity contribution in [2.75, 3.05) is 47.5 Å². The Morgan fingerprint density at radius 1 is 0.698 bits per heavy atom.